The van der Waals surface area contributed by atoms with Crippen LogP contribution in [0.4, 0.5) is 5.13 Å². The van der Waals surface area contributed by atoms with Crippen LogP contribution in [0.3, 0.4) is 0 Å². The van der Waals surface area contributed by atoms with E-state index in [2.05, 4.69) is 38.0 Å². The van der Waals surface area contributed by atoms with Gasteiger partial charge in [0.15, 0.2) is 5.13 Å². The minimum Gasteiger partial charge on any atom is -0.302 e. The zero-order valence-corrected chi connectivity index (χ0v) is 12.3. The predicted octanol–water partition coefficient (Wildman–Crippen LogP) is 3.73. The molecule has 2 rings (SSSR count). The molecule has 1 aromatic heterocycles. The van der Waals surface area contributed by atoms with Crippen molar-refractivity contribution >= 4 is 34.0 Å². The van der Waals surface area contributed by atoms with Gasteiger partial charge in [0.2, 0.25) is 5.91 Å². The largest absolute Gasteiger partial charge is 0.302 e. The lowest BCUT2D eigenvalue weighted by Gasteiger charge is -2.03. The molecule has 1 saturated carbocycles. The number of carbonyl (C=O) groups is 1. The molecule has 1 N–H and O–H groups in total. The summed E-state index contributed by atoms with van der Waals surface area (Å²) < 4.78 is 0.634. The number of thiazole rings is 1. The van der Waals surface area contributed by atoms with Crippen molar-refractivity contribution in [3.05, 3.63) is 10.0 Å². The number of carbonyl (C=O) groups excluding carboxylic acids is 1. The molecule has 1 aromatic rings. The van der Waals surface area contributed by atoms with Crippen molar-refractivity contribution in [1.82, 2.24) is 4.98 Å². The Labute approximate surface area is 111 Å². The Hall–Kier alpha value is -0.610. The summed E-state index contributed by atoms with van der Waals surface area (Å²) >= 11 is 7.24. The second-order valence-electron chi connectivity index (χ2n) is 5.74. The highest BCUT2D eigenvalue weighted by Crippen LogP contribution is 2.68. The Kier molecular flexibility index (Phi) is 2.79. The predicted molar refractivity (Wildman–Crippen MR) is 71.5 cm³/mol. The Morgan fingerprint density at radius 2 is 1.88 bits per heavy atom. The van der Waals surface area contributed by atoms with Crippen molar-refractivity contribution in [3.8, 4) is 0 Å². The fourth-order valence-electron chi connectivity index (χ4n) is 2.46. The number of amides is 1. The van der Waals surface area contributed by atoms with Crippen LogP contribution in [0.2, 0.25) is 4.34 Å². The van der Waals surface area contributed by atoms with Gasteiger partial charge in [-0.2, -0.15) is 0 Å². The van der Waals surface area contributed by atoms with Crippen LogP contribution in [0.1, 0.15) is 33.4 Å². The van der Waals surface area contributed by atoms with Gasteiger partial charge in [-0.25, -0.2) is 4.98 Å². The second kappa shape index (κ2) is 3.69. The zero-order valence-electron chi connectivity index (χ0n) is 10.7. The molecule has 1 amide bonds. The topological polar surface area (TPSA) is 42.0 Å². The maximum atomic E-state index is 12.1. The van der Waals surface area contributed by atoms with E-state index in [1.165, 1.54) is 11.3 Å². The van der Waals surface area contributed by atoms with Crippen LogP contribution in [0.5, 0.6) is 0 Å². The molecule has 0 atom stereocenters. The lowest BCUT2D eigenvalue weighted by Crippen LogP contribution is -2.17. The average Bonchev–Trinajstić information content (AvgIpc) is 2.41. The molecule has 0 aromatic carbocycles. The van der Waals surface area contributed by atoms with Gasteiger partial charge in [0, 0.05) is 5.92 Å². The van der Waals surface area contributed by atoms with Gasteiger partial charge >= 0.3 is 0 Å². The Morgan fingerprint density at radius 1 is 1.35 bits per heavy atom. The van der Waals surface area contributed by atoms with Gasteiger partial charge in [0.05, 0.1) is 5.69 Å². The molecule has 1 fully saturated rings. The van der Waals surface area contributed by atoms with Crippen molar-refractivity contribution in [2.75, 3.05) is 5.32 Å². The molecular weight excluding hydrogens is 256 g/mol. The van der Waals surface area contributed by atoms with E-state index < -0.39 is 0 Å². The zero-order chi connectivity index (χ0) is 13.0. The average molecular weight is 273 g/mol. The van der Waals surface area contributed by atoms with Gasteiger partial charge in [-0.05, 0) is 17.8 Å². The molecule has 0 radical (unpaired) electrons. The van der Waals surface area contributed by atoms with Crippen LogP contribution in [0.15, 0.2) is 0 Å². The van der Waals surface area contributed by atoms with Crippen molar-refractivity contribution in [1.29, 1.82) is 0 Å². The SMILES string of the molecule is Cc1nc(NC(=O)C2C(C)(C)C2(C)C)sc1Cl. The van der Waals surface area contributed by atoms with E-state index in [4.69, 9.17) is 11.6 Å². The van der Waals surface area contributed by atoms with Gasteiger partial charge in [0.1, 0.15) is 4.34 Å². The number of aryl methyl sites for hydroxylation is 1. The number of nitrogens with zero attached hydrogens (tertiary/aromatic N) is 1. The third kappa shape index (κ3) is 1.87. The van der Waals surface area contributed by atoms with E-state index in [-0.39, 0.29) is 22.7 Å². The highest BCUT2D eigenvalue weighted by Gasteiger charge is 2.68. The lowest BCUT2D eigenvalue weighted by atomic mass is 10.0. The molecule has 1 heterocycles. The molecule has 0 bridgehead atoms. The summed E-state index contributed by atoms with van der Waals surface area (Å²) in [5.41, 5.74) is 0.863. The summed E-state index contributed by atoms with van der Waals surface area (Å²) in [4.78, 5) is 16.3. The van der Waals surface area contributed by atoms with E-state index in [1.54, 1.807) is 0 Å². The van der Waals surface area contributed by atoms with Gasteiger partial charge in [-0.15, -0.1) is 0 Å². The van der Waals surface area contributed by atoms with E-state index in [0.29, 0.717) is 9.47 Å². The molecule has 0 aliphatic heterocycles. The second-order valence-corrected chi connectivity index (χ2v) is 7.34. The molecule has 1 aliphatic carbocycles. The molecule has 17 heavy (non-hydrogen) atoms. The van der Waals surface area contributed by atoms with Crippen LogP contribution in [0.25, 0.3) is 0 Å². The minimum absolute atomic E-state index is 0.0398. The van der Waals surface area contributed by atoms with Crippen LogP contribution in [-0.4, -0.2) is 10.9 Å². The Balaban J connectivity index is 2.09. The van der Waals surface area contributed by atoms with Crippen LogP contribution in [-0.2, 0) is 4.79 Å². The van der Waals surface area contributed by atoms with Crippen molar-refractivity contribution in [2.24, 2.45) is 16.7 Å². The van der Waals surface area contributed by atoms with Crippen LogP contribution < -0.4 is 5.32 Å². The number of nitrogens with one attached hydrogen (secondary N) is 1. The maximum absolute atomic E-state index is 12.1. The minimum atomic E-state index is 0.0398. The summed E-state index contributed by atoms with van der Waals surface area (Å²) in [7, 11) is 0. The lowest BCUT2D eigenvalue weighted by molar-refractivity contribution is -0.118. The van der Waals surface area contributed by atoms with Gasteiger partial charge in [-0.1, -0.05) is 50.6 Å². The molecule has 3 nitrogen and oxygen atoms in total. The first-order valence-electron chi connectivity index (χ1n) is 5.61. The third-order valence-corrected chi connectivity index (χ3v) is 5.62. The number of aromatic nitrogens is 1. The van der Waals surface area contributed by atoms with E-state index in [1.807, 2.05) is 6.92 Å². The normalized spacial score (nSPS) is 21.3. The first-order chi connectivity index (χ1) is 7.68. The summed E-state index contributed by atoms with van der Waals surface area (Å²) in [5.74, 6) is 0.0865. The van der Waals surface area contributed by atoms with Crippen LogP contribution in [0, 0.1) is 23.7 Å². The van der Waals surface area contributed by atoms with E-state index in [0.717, 1.165) is 5.69 Å². The number of anilines is 1. The van der Waals surface area contributed by atoms with Gasteiger partial charge < -0.3 is 5.32 Å². The highest BCUT2D eigenvalue weighted by molar-refractivity contribution is 7.19. The molecule has 5 heteroatoms. The fraction of sp³-hybridized carbons (Fsp3) is 0.667. The van der Waals surface area contributed by atoms with Crippen molar-refractivity contribution < 1.29 is 4.79 Å². The smallest absolute Gasteiger partial charge is 0.230 e. The number of halogens is 1. The first-order valence-corrected chi connectivity index (χ1v) is 6.81. The third-order valence-electron chi connectivity index (χ3n) is 4.25. The van der Waals surface area contributed by atoms with E-state index in [9.17, 15) is 4.79 Å². The standard InChI is InChI=1S/C12H17ClN2OS/c1-6-8(13)17-10(14-6)15-9(16)7-11(2,3)12(7,4)5/h7H,1-5H3,(H,14,15,16). The fourth-order valence-corrected chi connectivity index (χ4v) is 3.42. The quantitative estimate of drug-likeness (QED) is 0.891. The molecular formula is C12H17ClN2OS. The Morgan fingerprint density at radius 3 is 2.24 bits per heavy atom. The number of hydrogen-bond donors (Lipinski definition) is 1. The number of hydrogen-bond acceptors (Lipinski definition) is 3. The summed E-state index contributed by atoms with van der Waals surface area (Å²) in [6, 6.07) is 0. The molecule has 0 unspecified atom stereocenters. The summed E-state index contributed by atoms with van der Waals surface area (Å²) in [5, 5.41) is 3.45. The molecule has 0 spiro atoms. The first kappa shape index (κ1) is 12.8. The van der Waals surface area contributed by atoms with Gasteiger partial charge in [0.25, 0.3) is 0 Å². The summed E-state index contributed by atoms with van der Waals surface area (Å²) in [6.45, 7) is 10.3. The van der Waals surface area contributed by atoms with Crippen molar-refractivity contribution in [2.45, 2.75) is 34.6 Å². The molecule has 94 valence electrons. The Bertz CT molecular complexity index is 445. The van der Waals surface area contributed by atoms with Crippen molar-refractivity contribution in [3.63, 3.8) is 0 Å². The molecule has 1 aliphatic rings. The molecule has 0 saturated heterocycles. The highest BCUT2D eigenvalue weighted by atomic mass is 35.5. The van der Waals surface area contributed by atoms with Gasteiger partial charge in [-0.3, -0.25) is 4.79 Å². The maximum Gasteiger partial charge on any atom is 0.230 e. The summed E-state index contributed by atoms with van der Waals surface area (Å²) in [6.07, 6.45) is 0. The monoisotopic (exact) mass is 272 g/mol. The van der Waals surface area contributed by atoms with E-state index >= 15 is 0 Å². The number of rotatable bonds is 2. The van der Waals surface area contributed by atoms with Crippen LogP contribution >= 0.6 is 22.9 Å².